The molecule has 0 bridgehead atoms. The Kier molecular flexibility index (Phi) is 4.24. The number of aromatic amines is 1. The van der Waals surface area contributed by atoms with Crippen LogP contribution in [0.3, 0.4) is 0 Å². The Hall–Kier alpha value is -3.40. The highest BCUT2D eigenvalue weighted by atomic mass is 16.5. The summed E-state index contributed by atoms with van der Waals surface area (Å²) in [7, 11) is 0. The highest BCUT2D eigenvalue weighted by molar-refractivity contribution is 6.11. The van der Waals surface area contributed by atoms with E-state index in [4.69, 9.17) is 4.74 Å². The van der Waals surface area contributed by atoms with E-state index >= 15 is 0 Å². The third-order valence-corrected chi connectivity index (χ3v) is 4.78. The maximum Gasteiger partial charge on any atom is 0.338 e. The predicted octanol–water partition coefficient (Wildman–Crippen LogP) is 5.06. The predicted molar refractivity (Wildman–Crippen MR) is 106 cm³/mol. The van der Waals surface area contributed by atoms with Crippen molar-refractivity contribution in [3.63, 3.8) is 0 Å². The van der Waals surface area contributed by atoms with Crippen molar-refractivity contribution in [1.29, 1.82) is 0 Å². The third kappa shape index (κ3) is 3.10. The van der Waals surface area contributed by atoms with Gasteiger partial charge < -0.3 is 9.72 Å². The molecule has 4 rings (SSSR count). The summed E-state index contributed by atoms with van der Waals surface area (Å²) >= 11 is 0. The van der Waals surface area contributed by atoms with Gasteiger partial charge in [0.05, 0.1) is 5.56 Å². The number of hydrogen-bond acceptors (Lipinski definition) is 3. The van der Waals surface area contributed by atoms with Crippen LogP contribution in [0.15, 0.2) is 66.7 Å². The second-order valence-electron chi connectivity index (χ2n) is 6.64. The molecule has 0 aliphatic rings. The van der Waals surface area contributed by atoms with Gasteiger partial charge in [-0.3, -0.25) is 4.79 Å². The zero-order valence-electron chi connectivity index (χ0n) is 15.2. The lowest BCUT2D eigenvalue weighted by Gasteiger charge is -2.13. The first-order valence-electron chi connectivity index (χ1n) is 8.86. The zero-order chi connectivity index (χ0) is 19.0. The largest absolute Gasteiger partial charge is 0.451 e. The number of hydrogen-bond donors (Lipinski definition) is 1. The molecule has 1 atom stereocenters. The summed E-state index contributed by atoms with van der Waals surface area (Å²) in [4.78, 5) is 28.7. The second-order valence-corrected chi connectivity index (χ2v) is 6.64. The van der Waals surface area contributed by atoms with Gasteiger partial charge in [-0.05, 0) is 42.8 Å². The van der Waals surface area contributed by atoms with Crippen LogP contribution in [0.2, 0.25) is 0 Å². The Bertz CT molecular complexity index is 1170. The molecule has 4 heteroatoms. The van der Waals surface area contributed by atoms with Crippen molar-refractivity contribution in [3.8, 4) is 0 Å². The Morgan fingerprint density at radius 3 is 2.44 bits per heavy atom. The lowest BCUT2D eigenvalue weighted by molar-refractivity contribution is 0.0319. The van der Waals surface area contributed by atoms with Crippen LogP contribution in [0.4, 0.5) is 0 Å². The molecule has 134 valence electrons. The van der Waals surface area contributed by atoms with Gasteiger partial charge in [-0.15, -0.1) is 0 Å². The molecule has 0 spiro atoms. The van der Waals surface area contributed by atoms with Crippen molar-refractivity contribution >= 4 is 33.4 Å². The van der Waals surface area contributed by atoms with Crippen LogP contribution >= 0.6 is 0 Å². The normalized spacial score (nSPS) is 12.2. The van der Waals surface area contributed by atoms with E-state index in [9.17, 15) is 9.59 Å². The maximum absolute atomic E-state index is 12.9. The van der Waals surface area contributed by atoms with E-state index in [1.165, 1.54) is 0 Å². The summed E-state index contributed by atoms with van der Waals surface area (Å²) in [5.74, 6) is -0.710. The second kappa shape index (κ2) is 6.72. The fraction of sp³-hybridized carbons (Fsp3) is 0.130. The lowest BCUT2D eigenvalue weighted by atomic mass is 10.0. The van der Waals surface area contributed by atoms with Crippen molar-refractivity contribution in [2.24, 2.45) is 0 Å². The van der Waals surface area contributed by atoms with Gasteiger partial charge in [0, 0.05) is 22.2 Å². The van der Waals surface area contributed by atoms with E-state index in [1.807, 2.05) is 61.5 Å². The molecule has 1 heterocycles. The number of H-pyrrole nitrogens is 1. The van der Waals surface area contributed by atoms with Crippen molar-refractivity contribution in [2.45, 2.75) is 20.0 Å². The molecule has 4 aromatic rings. The highest BCUT2D eigenvalue weighted by Gasteiger charge is 2.24. The van der Waals surface area contributed by atoms with Gasteiger partial charge in [0.15, 0.2) is 6.10 Å². The number of nitrogens with one attached hydrogen (secondary N) is 1. The van der Waals surface area contributed by atoms with Crippen LogP contribution in [-0.2, 0) is 4.74 Å². The molecule has 0 aliphatic carbocycles. The van der Waals surface area contributed by atoms with E-state index in [2.05, 4.69) is 4.98 Å². The first kappa shape index (κ1) is 17.0. The number of esters is 1. The van der Waals surface area contributed by atoms with Crippen molar-refractivity contribution in [1.82, 2.24) is 4.98 Å². The average Bonchev–Trinajstić information content (AvgIpc) is 3.02. The molecule has 0 unspecified atom stereocenters. The molecule has 3 aromatic carbocycles. The van der Waals surface area contributed by atoms with Gasteiger partial charge in [0.1, 0.15) is 0 Å². The molecule has 1 aromatic heterocycles. The minimum absolute atomic E-state index is 0.209. The number of carbonyl (C=O) groups is 2. The highest BCUT2D eigenvalue weighted by Crippen LogP contribution is 2.24. The van der Waals surface area contributed by atoms with E-state index in [0.717, 1.165) is 27.4 Å². The summed E-state index contributed by atoms with van der Waals surface area (Å²) in [5, 5.41) is 2.85. The summed E-state index contributed by atoms with van der Waals surface area (Å²) < 4.78 is 5.47. The molecule has 0 radical (unpaired) electrons. The molecular formula is C23H19NO3. The summed E-state index contributed by atoms with van der Waals surface area (Å²) in [6, 6.07) is 20.8. The number of Topliss-reactive ketones (excluding diaryl/α,β-unsaturated/α-hetero) is 1. The molecular weight excluding hydrogens is 338 g/mol. The molecule has 0 saturated heterocycles. The van der Waals surface area contributed by atoms with Crippen molar-refractivity contribution in [3.05, 3.63) is 83.6 Å². The topological polar surface area (TPSA) is 59.2 Å². The SMILES string of the molecule is Cc1[nH]c2ccccc2c1C(=O)[C@@H](C)OC(=O)c1ccc2ccccc2c1. The molecule has 0 fully saturated rings. The molecule has 27 heavy (non-hydrogen) atoms. The minimum atomic E-state index is -0.873. The monoisotopic (exact) mass is 357 g/mol. The Balaban J connectivity index is 1.58. The van der Waals surface area contributed by atoms with Gasteiger partial charge in [-0.1, -0.05) is 48.5 Å². The molecule has 4 nitrogen and oxygen atoms in total. The molecule has 0 saturated carbocycles. The van der Waals surface area contributed by atoms with Crippen LogP contribution in [0, 0.1) is 6.92 Å². The number of aromatic nitrogens is 1. The van der Waals surface area contributed by atoms with Gasteiger partial charge >= 0.3 is 5.97 Å². The number of fused-ring (bicyclic) bond motifs is 2. The van der Waals surface area contributed by atoms with Crippen LogP contribution in [0.25, 0.3) is 21.7 Å². The van der Waals surface area contributed by atoms with E-state index in [-0.39, 0.29) is 5.78 Å². The van der Waals surface area contributed by atoms with Gasteiger partial charge in [-0.25, -0.2) is 4.79 Å². The quantitative estimate of drug-likeness (QED) is 0.410. The Morgan fingerprint density at radius 1 is 0.926 bits per heavy atom. The van der Waals surface area contributed by atoms with Gasteiger partial charge in [0.2, 0.25) is 5.78 Å². The number of rotatable bonds is 4. The van der Waals surface area contributed by atoms with Crippen LogP contribution < -0.4 is 0 Å². The average molecular weight is 357 g/mol. The Labute approximate surface area is 156 Å². The zero-order valence-corrected chi connectivity index (χ0v) is 15.2. The summed E-state index contributed by atoms with van der Waals surface area (Å²) in [6.07, 6.45) is -0.873. The fourth-order valence-corrected chi connectivity index (χ4v) is 3.40. The first-order valence-corrected chi connectivity index (χ1v) is 8.86. The molecule has 0 aliphatic heterocycles. The molecule has 1 N–H and O–H groups in total. The van der Waals surface area contributed by atoms with Crippen LogP contribution in [-0.4, -0.2) is 22.8 Å². The number of ether oxygens (including phenoxy) is 1. The van der Waals surface area contributed by atoms with Gasteiger partial charge in [-0.2, -0.15) is 0 Å². The van der Waals surface area contributed by atoms with Crippen LogP contribution in [0.1, 0.15) is 33.3 Å². The Morgan fingerprint density at radius 2 is 1.63 bits per heavy atom. The maximum atomic E-state index is 12.9. The van der Waals surface area contributed by atoms with E-state index in [0.29, 0.717) is 11.1 Å². The smallest absolute Gasteiger partial charge is 0.338 e. The summed E-state index contributed by atoms with van der Waals surface area (Å²) in [5.41, 5.74) is 2.68. The fourth-order valence-electron chi connectivity index (χ4n) is 3.40. The van der Waals surface area contributed by atoms with E-state index < -0.39 is 12.1 Å². The van der Waals surface area contributed by atoms with Gasteiger partial charge in [0.25, 0.3) is 0 Å². The lowest BCUT2D eigenvalue weighted by Crippen LogP contribution is -2.24. The third-order valence-electron chi connectivity index (χ3n) is 4.78. The number of benzene rings is 3. The van der Waals surface area contributed by atoms with E-state index in [1.54, 1.807) is 19.1 Å². The molecule has 0 amide bonds. The van der Waals surface area contributed by atoms with Crippen molar-refractivity contribution in [2.75, 3.05) is 0 Å². The number of para-hydroxylation sites is 1. The van der Waals surface area contributed by atoms with Crippen LogP contribution in [0.5, 0.6) is 0 Å². The minimum Gasteiger partial charge on any atom is -0.451 e. The summed E-state index contributed by atoms with van der Waals surface area (Å²) in [6.45, 7) is 3.47. The number of ketones is 1. The first-order chi connectivity index (χ1) is 13.0. The standard InChI is InChI=1S/C23H19NO3/c1-14-21(19-9-5-6-10-20(19)24-14)22(25)15(2)27-23(26)18-12-11-16-7-3-4-8-17(16)13-18/h3-13,15,24H,1-2H3/t15-/m1/s1. The number of aryl methyl sites for hydroxylation is 1. The van der Waals surface area contributed by atoms with Crippen molar-refractivity contribution < 1.29 is 14.3 Å². The number of carbonyl (C=O) groups excluding carboxylic acids is 2.